The first-order valence-electron chi connectivity index (χ1n) is 10.9. The van der Waals surface area contributed by atoms with Crippen LogP contribution in [0.4, 0.5) is 0 Å². The minimum absolute atomic E-state index is 0.103. The van der Waals surface area contributed by atoms with Crippen LogP contribution < -0.4 is 5.73 Å². The second-order valence-electron chi connectivity index (χ2n) is 8.26. The molecule has 2 aromatic rings. The zero-order valence-corrected chi connectivity index (χ0v) is 17.3. The highest BCUT2D eigenvalue weighted by Crippen LogP contribution is 2.29. The fourth-order valence-corrected chi connectivity index (χ4v) is 4.39. The van der Waals surface area contributed by atoms with Gasteiger partial charge < -0.3 is 15.4 Å². The number of rotatable bonds is 5. The topological polar surface area (TPSA) is 85.5 Å². The summed E-state index contributed by atoms with van der Waals surface area (Å²) in [5.41, 5.74) is 8.82. The van der Waals surface area contributed by atoms with Crippen molar-refractivity contribution in [1.29, 1.82) is 0 Å². The number of pyridine rings is 1. The number of carbonyl (C=O) groups excluding carboxylic acids is 2. The van der Waals surface area contributed by atoms with Gasteiger partial charge in [-0.15, -0.1) is 0 Å². The Bertz CT molecular complexity index is 883. The van der Waals surface area contributed by atoms with Crippen molar-refractivity contribution >= 4 is 11.8 Å². The lowest BCUT2D eigenvalue weighted by molar-refractivity contribution is -0.136. The van der Waals surface area contributed by atoms with Crippen LogP contribution >= 0.6 is 0 Å². The van der Waals surface area contributed by atoms with Gasteiger partial charge in [0, 0.05) is 48.6 Å². The molecule has 1 atom stereocenters. The molecule has 2 fully saturated rings. The molecule has 0 spiro atoms. The summed E-state index contributed by atoms with van der Waals surface area (Å²) in [6.07, 6.45) is 7.61. The summed E-state index contributed by atoms with van der Waals surface area (Å²) in [5, 5.41) is 0. The third kappa shape index (κ3) is 4.87. The van der Waals surface area contributed by atoms with E-state index in [4.69, 9.17) is 10.5 Å². The monoisotopic (exact) mass is 407 g/mol. The van der Waals surface area contributed by atoms with Gasteiger partial charge in [0.1, 0.15) is 0 Å². The second kappa shape index (κ2) is 9.39. The van der Waals surface area contributed by atoms with E-state index in [0.717, 1.165) is 68.6 Å². The molecule has 0 bridgehead atoms. The third-order valence-electron chi connectivity index (χ3n) is 6.21. The average molecular weight is 408 g/mol. The van der Waals surface area contributed by atoms with Gasteiger partial charge >= 0.3 is 0 Å². The molecular weight excluding hydrogens is 378 g/mol. The van der Waals surface area contributed by atoms with Gasteiger partial charge in [-0.2, -0.15) is 0 Å². The fourth-order valence-electron chi connectivity index (χ4n) is 4.39. The number of hydrogen-bond acceptors (Lipinski definition) is 4. The molecule has 2 N–H and O–H groups in total. The Kier molecular flexibility index (Phi) is 6.43. The normalized spacial score (nSPS) is 20.1. The number of aromatic nitrogens is 1. The highest BCUT2D eigenvalue weighted by Gasteiger charge is 2.27. The van der Waals surface area contributed by atoms with Crippen molar-refractivity contribution in [1.82, 2.24) is 9.88 Å². The van der Waals surface area contributed by atoms with Gasteiger partial charge in [-0.1, -0.05) is 18.2 Å². The fraction of sp³-hybridized carbons (Fsp3) is 0.458. The Balaban J connectivity index is 1.33. The van der Waals surface area contributed by atoms with Gasteiger partial charge in [0.25, 0.3) is 0 Å². The summed E-state index contributed by atoms with van der Waals surface area (Å²) in [7, 11) is 0. The van der Waals surface area contributed by atoms with E-state index in [9.17, 15) is 9.59 Å². The summed E-state index contributed by atoms with van der Waals surface area (Å²) in [4.78, 5) is 30.6. The maximum Gasteiger partial charge on any atom is 0.248 e. The summed E-state index contributed by atoms with van der Waals surface area (Å²) in [5.74, 6) is 0.154. The minimum Gasteiger partial charge on any atom is -0.378 e. The van der Waals surface area contributed by atoms with E-state index < -0.39 is 5.91 Å². The molecular formula is C24H29N3O3. The Morgan fingerprint density at radius 3 is 2.57 bits per heavy atom. The third-order valence-corrected chi connectivity index (χ3v) is 6.21. The molecule has 1 aromatic heterocycles. The van der Waals surface area contributed by atoms with Gasteiger partial charge in [-0.05, 0) is 55.9 Å². The van der Waals surface area contributed by atoms with Crippen LogP contribution in [-0.2, 0) is 9.53 Å². The Hall–Kier alpha value is -2.73. The molecule has 0 saturated carbocycles. The second-order valence-corrected chi connectivity index (χ2v) is 8.26. The van der Waals surface area contributed by atoms with Crippen LogP contribution in [0.3, 0.4) is 0 Å². The number of hydrogen-bond donors (Lipinski definition) is 1. The van der Waals surface area contributed by atoms with E-state index >= 15 is 0 Å². The Morgan fingerprint density at radius 1 is 1.07 bits per heavy atom. The number of ether oxygens (including phenoxy) is 1. The van der Waals surface area contributed by atoms with Crippen molar-refractivity contribution in [3.63, 3.8) is 0 Å². The molecule has 1 aromatic carbocycles. The molecule has 0 unspecified atom stereocenters. The highest BCUT2D eigenvalue weighted by atomic mass is 16.5. The average Bonchev–Trinajstić information content (AvgIpc) is 2.80. The Morgan fingerprint density at radius 2 is 1.90 bits per heavy atom. The number of nitrogens with zero attached hydrogens (tertiary/aromatic N) is 2. The van der Waals surface area contributed by atoms with Crippen LogP contribution in [-0.4, -0.2) is 47.5 Å². The molecule has 0 radical (unpaired) electrons. The maximum atomic E-state index is 12.6. The standard InChI is InChI=1S/C24H29N3O3/c25-24(29)19-5-3-4-18(14-19)20-7-8-22(26-16-20)17-9-11-27(12-10-17)23(28)15-21-6-1-2-13-30-21/h3-5,7-8,14,16-17,21H,1-2,6,9-13,15H2,(H2,25,29)/t21-/m0/s1. The van der Waals surface area contributed by atoms with Crippen LogP contribution in [0.2, 0.25) is 0 Å². The summed E-state index contributed by atoms with van der Waals surface area (Å²) in [6, 6.07) is 11.4. The Labute approximate surface area is 177 Å². The highest BCUT2D eigenvalue weighted by molar-refractivity contribution is 5.94. The number of benzene rings is 1. The van der Waals surface area contributed by atoms with E-state index in [0.29, 0.717) is 17.9 Å². The van der Waals surface area contributed by atoms with E-state index in [1.54, 1.807) is 12.1 Å². The van der Waals surface area contributed by atoms with Crippen LogP contribution in [0.1, 0.15) is 60.5 Å². The van der Waals surface area contributed by atoms with Crippen LogP contribution in [0.5, 0.6) is 0 Å². The van der Waals surface area contributed by atoms with Crippen LogP contribution in [0.25, 0.3) is 11.1 Å². The number of nitrogens with two attached hydrogens (primary N) is 1. The van der Waals surface area contributed by atoms with E-state index in [2.05, 4.69) is 11.1 Å². The minimum atomic E-state index is -0.433. The van der Waals surface area contributed by atoms with Crippen molar-refractivity contribution in [3.05, 3.63) is 53.9 Å². The summed E-state index contributed by atoms with van der Waals surface area (Å²) in [6.45, 7) is 2.34. The molecule has 0 aliphatic carbocycles. The zero-order chi connectivity index (χ0) is 20.9. The molecule has 4 rings (SSSR count). The number of likely N-dealkylation sites (tertiary alicyclic amines) is 1. The molecule has 6 nitrogen and oxygen atoms in total. The zero-order valence-electron chi connectivity index (χ0n) is 17.3. The molecule has 6 heteroatoms. The molecule has 2 amide bonds. The largest absolute Gasteiger partial charge is 0.378 e. The van der Waals surface area contributed by atoms with Gasteiger partial charge in [-0.25, -0.2) is 0 Å². The smallest absolute Gasteiger partial charge is 0.248 e. The van der Waals surface area contributed by atoms with Crippen LogP contribution in [0.15, 0.2) is 42.6 Å². The molecule has 158 valence electrons. The maximum absolute atomic E-state index is 12.6. The van der Waals surface area contributed by atoms with Crippen molar-refractivity contribution in [2.24, 2.45) is 5.73 Å². The lowest BCUT2D eigenvalue weighted by atomic mass is 9.92. The summed E-state index contributed by atoms with van der Waals surface area (Å²) >= 11 is 0. The van der Waals surface area contributed by atoms with Crippen LogP contribution in [0, 0.1) is 0 Å². The first kappa shape index (κ1) is 20.5. The molecule has 2 aliphatic rings. The van der Waals surface area contributed by atoms with E-state index in [1.165, 1.54) is 0 Å². The quantitative estimate of drug-likeness (QED) is 0.822. The van der Waals surface area contributed by atoms with E-state index in [-0.39, 0.29) is 12.0 Å². The van der Waals surface area contributed by atoms with E-state index in [1.807, 2.05) is 29.3 Å². The van der Waals surface area contributed by atoms with Crippen molar-refractivity contribution in [2.45, 2.75) is 50.5 Å². The first-order valence-corrected chi connectivity index (χ1v) is 10.9. The number of amides is 2. The predicted molar refractivity (Wildman–Crippen MR) is 115 cm³/mol. The number of piperidine rings is 1. The number of primary amides is 1. The SMILES string of the molecule is NC(=O)c1cccc(-c2ccc(C3CCN(C(=O)C[C@@H]4CCCCO4)CC3)nc2)c1. The molecule has 2 aliphatic heterocycles. The van der Waals surface area contributed by atoms with Gasteiger partial charge in [0.2, 0.25) is 11.8 Å². The van der Waals surface area contributed by atoms with Crippen molar-refractivity contribution in [2.75, 3.05) is 19.7 Å². The van der Waals surface area contributed by atoms with Gasteiger partial charge in [-0.3, -0.25) is 14.6 Å². The lowest BCUT2D eigenvalue weighted by Crippen LogP contribution is -2.40. The van der Waals surface area contributed by atoms with Crippen molar-refractivity contribution in [3.8, 4) is 11.1 Å². The predicted octanol–water partition coefficient (Wildman–Crippen LogP) is 3.51. The van der Waals surface area contributed by atoms with Gasteiger partial charge in [0.05, 0.1) is 12.5 Å². The molecule has 3 heterocycles. The molecule has 30 heavy (non-hydrogen) atoms. The lowest BCUT2D eigenvalue weighted by Gasteiger charge is -2.33. The number of carbonyl (C=O) groups is 2. The van der Waals surface area contributed by atoms with Crippen molar-refractivity contribution < 1.29 is 14.3 Å². The first-order chi connectivity index (χ1) is 14.6. The summed E-state index contributed by atoms with van der Waals surface area (Å²) < 4.78 is 5.71. The van der Waals surface area contributed by atoms with Gasteiger partial charge in [0.15, 0.2) is 0 Å². The molecule has 2 saturated heterocycles.